The first-order valence-corrected chi connectivity index (χ1v) is 11.6. The highest BCUT2D eigenvalue weighted by Gasteiger charge is 2.34. The van der Waals surface area contributed by atoms with Crippen LogP contribution in [0, 0.1) is 18.3 Å². The van der Waals surface area contributed by atoms with Crippen LogP contribution < -0.4 is 9.47 Å². The molecule has 0 saturated carbocycles. The molecule has 1 heterocycles. The number of hydrogen-bond donors (Lipinski definition) is 0. The van der Waals surface area contributed by atoms with Crippen LogP contribution in [0.2, 0.25) is 0 Å². The fourth-order valence-corrected chi connectivity index (χ4v) is 4.29. The van der Waals surface area contributed by atoms with Crippen molar-refractivity contribution in [2.24, 2.45) is 0 Å². The molecule has 0 amide bonds. The summed E-state index contributed by atoms with van der Waals surface area (Å²) in [4.78, 5) is 16.1. The molecule has 192 valence electrons. The van der Waals surface area contributed by atoms with E-state index in [0.29, 0.717) is 16.9 Å². The number of aryl methyl sites for hydroxylation is 1. The molecule has 0 spiro atoms. The van der Waals surface area contributed by atoms with Gasteiger partial charge in [0.25, 0.3) is 0 Å². The number of thioether (sulfide) groups is 1. The molecule has 2 aromatic carbocycles. The van der Waals surface area contributed by atoms with Crippen LogP contribution in [-0.2, 0) is 11.9 Å². The number of pyridine rings is 1. The molecule has 3 aromatic rings. The van der Waals surface area contributed by atoms with E-state index < -0.39 is 18.5 Å². The second-order valence-electron chi connectivity index (χ2n) is 7.57. The van der Waals surface area contributed by atoms with E-state index in [2.05, 4.69) is 9.72 Å². The minimum absolute atomic E-state index is 0.0488. The maximum absolute atomic E-state index is 13.2. The third-order valence-corrected chi connectivity index (χ3v) is 6.07. The normalized spacial score (nSPS) is 11.5. The Hall–Kier alpha value is -3.91. The molecule has 0 radical (unpaired) electrons. The maximum Gasteiger partial charge on any atom is 0.433 e. The van der Waals surface area contributed by atoms with E-state index in [-0.39, 0.29) is 39.0 Å². The SMILES string of the molecule is COc1ccc(/C=C/C(=O)c2ccc(OC(F)F)cc2)cc1CSc1nc(C(F)(F)F)cc(C)c1C#N. The molecule has 0 saturated heterocycles. The zero-order valence-corrected chi connectivity index (χ0v) is 20.3. The Morgan fingerprint density at radius 3 is 2.46 bits per heavy atom. The van der Waals surface area contributed by atoms with Crippen molar-refractivity contribution in [2.45, 2.75) is 30.5 Å². The van der Waals surface area contributed by atoms with Gasteiger partial charge in [0.05, 0.1) is 12.7 Å². The van der Waals surface area contributed by atoms with Crippen LogP contribution in [0.3, 0.4) is 0 Å². The van der Waals surface area contributed by atoms with Gasteiger partial charge in [-0.1, -0.05) is 12.1 Å². The van der Waals surface area contributed by atoms with Crippen molar-refractivity contribution >= 4 is 23.6 Å². The molecule has 0 aliphatic carbocycles. The van der Waals surface area contributed by atoms with Crippen molar-refractivity contribution < 1.29 is 36.2 Å². The Balaban J connectivity index is 1.80. The smallest absolute Gasteiger partial charge is 0.433 e. The monoisotopic (exact) mass is 534 g/mol. The molecule has 37 heavy (non-hydrogen) atoms. The van der Waals surface area contributed by atoms with Gasteiger partial charge in [-0.05, 0) is 66.6 Å². The molecule has 0 unspecified atom stereocenters. The second-order valence-corrected chi connectivity index (χ2v) is 8.54. The maximum atomic E-state index is 13.2. The largest absolute Gasteiger partial charge is 0.496 e. The predicted octanol–water partition coefficient (Wildman–Crippen LogP) is 7.08. The van der Waals surface area contributed by atoms with Crippen molar-refractivity contribution in [3.63, 3.8) is 0 Å². The van der Waals surface area contributed by atoms with Gasteiger partial charge in [0, 0.05) is 16.9 Å². The van der Waals surface area contributed by atoms with Crippen LogP contribution >= 0.6 is 11.8 Å². The third-order valence-electron chi connectivity index (χ3n) is 5.05. The highest BCUT2D eigenvalue weighted by molar-refractivity contribution is 7.98. The van der Waals surface area contributed by atoms with E-state index >= 15 is 0 Å². The molecule has 0 bridgehead atoms. The molecule has 5 nitrogen and oxygen atoms in total. The number of nitrogens with zero attached hydrogens (tertiary/aromatic N) is 2. The lowest BCUT2D eigenvalue weighted by molar-refractivity contribution is -0.141. The lowest BCUT2D eigenvalue weighted by atomic mass is 10.1. The Labute approximate surface area is 213 Å². The Kier molecular flexibility index (Phi) is 8.89. The molecule has 0 N–H and O–H groups in total. The average molecular weight is 535 g/mol. The van der Waals surface area contributed by atoms with Gasteiger partial charge in [-0.15, -0.1) is 11.8 Å². The van der Waals surface area contributed by atoms with Gasteiger partial charge in [-0.2, -0.15) is 27.2 Å². The van der Waals surface area contributed by atoms with Crippen molar-refractivity contribution in [1.29, 1.82) is 5.26 Å². The van der Waals surface area contributed by atoms with Gasteiger partial charge in [0.15, 0.2) is 5.78 Å². The summed E-state index contributed by atoms with van der Waals surface area (Å²) in [5.74, 6) is 0.163. The second kappa shape index (κ2) is 11.9. The third kappa shape index (κ3) is 7.30. The van der Waals surface area contributed by atoms with Crippen molar-refractivity contribution in [2.75, 3.05) is 7.11 Å². The van der Waals surface area contributed by atoms with Crippen LogP contribution in [0.1, 0.15) is 38.3 Å². The van der Waals surface area contributed by atoms with Crippen molar-refractivity contribution in [3.05, 3.63) is 88.1 Å². The van der Waals surface area contributed by atoms with Crippen LogP contribution in [0.4, 0.5) is 22.0 Å². The Morgan fingerprint density at radius 1 is 1.16 bits per heavy atom. The van der Waals surface area contributed by atoms with Gasteiger partial charge in [0.1, 0.15) is 28.3 Å². The number of allylic oxidation sites excluding steroid dienone is 1. The number of alkyl halides is 5. The summed E-state index contributed by atoms with van der Waals surface area (Å²) in [5, 5.41) is 9.37. The number of hydrogen-bond acceptors (Lipinski definition) is 6. The van der Waals surface area contributed by atoms with Crippen LogP contribution in [0.5, 0.6) is 11.5 Å². The van der Waals surface area contributed by atoms with Crippen LogP contribution in [-0.4, -0.2) is 24.5 Å². The summed E-state index contributed by atoms with van der Waals surface area (Å²) in [6.45, 7) is -1.55. The average Bonchev–Trinajstić information content (AvgIpc) is 2.85. The van der Waals surface area contributed by atoms with E-state index in [0.717, 1.165) is 17.8 Å². The number of nitriles is 1. The number of ether oxygens (including phenoxy) is 2. The van der Waals surface area contributed by atoms with Crippen LogP contribution in [0.15, 0.2) is 59.6 Å². The highest BCUT2D eigenvalue weighted by atomic mass is 32.2. The predicted molar refractivity (Wildman–Crippen MR) is 128 cm³/mol. The molecule has 1 aromatic heterocycles. The Morgan fingerprint density at radius 2 is 1.86 bits per heavy atom. The lowest BCUT2D eigenvalue weighted by Gasteiger charge is -2.13. The minimum Gasteiger partial charge on any atom is -0.496 e. The topological polar surface area (TPSA) is 72.2 Å². The molecular formula is C26H19F5N2O3S. The van der Waals surface area contributed by atoms with E-state index in [9.17, 15) is 32.0 Å². The van der Waals surface area contributed by atoms with Gasteiger partial charge in [-0.3, -0.25) is 4.79 Å². The van der Waals surface area contributed by atoms with Crippen LogP contribution in [0.25, 0.3) is 6.08 Å². The lowest BCUT2D eigenvalue weighted by Crippen LogP contribution is -2.10. The summed E-state index contributed by atoms with van der Waals surface area (Å²) in [5.41, 5.74) is 0.624. The van der Waals surface area contributed by atoms with Crippen molar-refractivity contribution in [1.82, 2.24) is 4.98 Å². The molecule has 0 aliphatic heterocycles. The van der Waals surface area contributed by atoms with E-state index in [1.807, 2.05) is 6.07 Å². The van der Waals surface area contributed by atoms with Gasteiger partial charge in [-0.25, -0.2) is 4.98 Å². The summed E-state index contributed by atoms with van der Waals surface area (Å²) in [7, 11) is 1.44. The first-order valence-electron chi connectivity index (χ1n) is 10.6. The number of carbonyl (C=O) groups is 1. The fraction of sp³-hybridized carbons (Fsp3) is 0.192. The Bertz CT molecular complexity index is 1350. The van der Waals surface area contributed by atoms with E-state index in [4.69, 9.17) is 4.74 Å². The zero-order chi connectivity index (χ0) is 27.2. The van der Waals surface area contributed by atoms with Gasteiger partial charge >= 0.3 is 12.8 Å². The number of methoxy groups -OCH3 is 1. The number of carbonyl (C=O) groups excluding carboxylic acids is 1. The quantitative estimate of drug-likeness (QED) is 0.126. The van der Waals surface area contributed by atoms with Crippen molar-refractivity contribution in [3.8, 4) is 17.6 Å². The van der Waals surface area contributed by atoms with E-state index in [1.54, 1.807) is 18.2 Å². The molecule has 11 heteroatoms. The highest BCUT2D eigenvalue weighted by Crippen LogP contribution is 2.35. The molecule has 3 rings (SSSR count). The summed E-state index contributed by atoms with van der Waals surface area (Å²) in [6, 6.07) is 13.0. The summed E-state index contributed by atoms with van der Waals surface area (Å²) >= 11 is 0.964. The van der Waals surface area contributed by atoms with Gasteiger partial charge < -0.3 is 9.47 Å². The fourth-order valence-electron chi connectivity index (χ4n) is 3.26. The minimum atomic E-state index is -4.65. The summed E-state index contributed by atoms with van der Waals surface area (Å²) < 4.78 is 73.8. The van der Waals surface area contributed by atoms with Gasteiger partial charge in [0.2, 0.25) is 0 Å². The molecular weight excluding hydrogens is 515 g/mol. The molecule has 0 aliphatic rings. The molecule has 0 fully saturated rings. The first kappa shape index (κ1) is 27.7. The zero-order valence-electron chi connectivity index (χ0n) is 19.5. The van der Waals surface area contributed by atoms with E-state index in [1.165, 1.54) is 50.5 Å². The summed E-state index contributed by atoms with van der Waals surface area (Å²) in [6.07, 6.45) is -1.82. The standard InChI is InChI=1S/C26H19F5N2O3S/c1-15-11-23(26(29,30)31)33-24(20(15)13-32)37-14-18-12-16(4-10-22(18)35-2)3-9-21(34)17-5-7-19(8-6-17)36-25(27)28/h3-12,25H,14H2,1-2H3/b9-3+. The number of rotatable bonds is 9. The number of aromatic nitrogens is 1. The molecule has 0 atom stereocenters. The number of halogens is 5. The number of ketones is 1. The number of benzene rings is 2. The first-order chi connectivity index (χ1) is 17.5.